The SMILES string of the molecule is NC1CCC(C(=O)N=c2sccn2Cc2ccccc2F)C1. The summed E-state index contributed by atoms with van der Waals surface area (Å²) < 4.78 is 15.5. The van der Waals surface area contributed by atoms with Crippen molar-refractivity contribution in [3.63, 3.8) is 0 Å². The van der Waals surface area contributed by atoms with E-state index in [4.69, 9.17) is 5.73 Å². The topological polar surface area (TPSA) is 60.4 Å². The van der Waals surface area contributed by atoms with Crippen LogP contribution >= 0.6 is 11.3 Å². The third kappa shape index (κ3) is 3.34. The minimum atomic E-state index is -0.250. The lowest BCUT2D eigenvalue weighted by molar-refractivity contribution is -0.121. The summed E-state index contributed by atoms with van der Waals surface area (Å²) in [6.07, 6.45) is 4.22. The fraction of sp³-hybridized carbons (Fsp3) is 0.375. The highest BCUT2D eigenvalue weighted by atomic mass is 32.1. The van der Waals surface area contributed by atoms with Gasteiger partial charge in [-0.25, -0.2) is 4.39 Å². The fourth-order valence-corrected chi connectivity index (χ4v) is 3.48. The monoisotopic (exact) mass is 319 g/mol. The van der Waals surface area contributed by atoms with E-state index in [1.807, 2.05) is 11.6 Å². The molecule has 2 aromatic rings. The number of hydrogen-bond acceptors (Lipinski definition) is 3. The molecular weight excluding hydrogens is 301 g/mol. The maximum absolute atomic E-state index is 13.7. The highest BCUT2D eigenvalue weighted by Crippen LogP contribution is 2.25. The molecule has 2 unspecified atom stereocenters. The smallest absolute Gasteiger partial charge is 0.251 e. The molecule has 1 saturated carbocycles. The second kappa shape index (κ2) is 6.54. The van der Waals surface area contributed by atoms with E-state index < -0.39 is 0 Å². The fourth-order valence-electron chi connectivity index (χ4n) is 2.74. The van der Waals surface area contributed by atoms with Gasteiger partial charge < -0.3 is 10.3 Å². The number of benzene rings is 1. The number of carbonyl (C=O) groups is 1. The molecular formula is C16H18FN3OS. The summed E-state index contributed by atoms with van der Waals surface area (Å²) in [5, 5.41) is 1.85. The van der Waals surface area contributed by atoms with Gasteiger partial charge in [0.15, 0.2) is 4.80 Å². The number of hydrogen-bond donors (Lipinski definition) is 1. The van der Waals surface area contributed by atoms with E-state index in [1.165, 1.54) is 17.4 Å². The largest absolute Gasteiger partial charge is 0.328 e. The zero-order valence-corrected chi connectivity index (χ0v) is 12.9. The van der Waals surface area contributed by atoms with Crippen molar-refractivity contribution in [2.24, 2.45) is 16.6 Å². The first-order chi connectivity index (χ1) is 10.6. The molecule has 1 aromatic carbocycles. The first-order valence-corrected chi connectivity index (χ1v) is 8.23. The van der Waals surface area contributed by atoms with Crippen LogP contribution in [0.3, 0.4) is 0 Å². The van der Waals surface area contributed by atoms with Crippen molar-refractivity contribution in [3.05, 3.63) is 52.0 Å². The molecule has 1 aliphatic rings. The van der Waals surface area contributed by atoms with Crippen LogP contribution in [0.15, 0.2) is 40.8 Å². The lowest BCUT2D eigenvalue weighted by Crippen LogP contribution is -2.21. The Morgan fingerprint density at radius 1 is 1.41 bits per heavy atom. The van der Waals surface area contributed by atoms with Gasteiger partial charge in [-0.1, -0.05) is 18.2 Å². The van der Waals surface area contributed by atoms with Gasteiger partial charge in [-0.15, -0.1) is 11.3 Å². The molecule has 0 saturated heterocycles. The Kier molecular flexibility index (Phi) is 4.49. The van der Waals surface area contributed by atoms with Crippen LogP contribution in [-0.4, -0.2) is 16.5 Å². The van der Waals surface area contributed by atoms with Crippen LogP contribution in [0.1, 0.15) is 24.8 Å². The van der Waals surface area contributed by atoms with Crippen LogP contribution in [0.4, 0.5) is 4.39 Å². The van der Waals surface area contributed by atoms with Crippen LogP contribution in [0.2, 0.25) is 0 Å². The van der Waals surface area contributed by atoms with E-state index in [2.05, 4.69) is 4.99 Å². The molecule has 3 rings (SSSR count). The standard InChI is InChI=1S/C16H18FN3OS/c17-14-4-2-1-3-12(14)10-20-7-8-22-16(20)19-15(21)11-5-6-13(18)9-11/h1-4,7-8,11,13H,5-6,9-10,18H2. The average molecular weight is 319 g/mol. The predicted octanol–water partition coefficient (Wildman–Crippen LogP) is 2.29. The molecule has 22 heavy (non-hydrogen) atoms. The number of carbonyl (C=O) groups excluding carboxylic acids is 1. The molecule has 0 aliphatic heterocycles. The lowest BCUT2D eigenvalue weighted by atomic mass is 10.1. The molecule has 4 nitrogen and oxygen atoms in total. The number of rotatable bonds is 3. The maximum Gasteiger partial charge on any atom is 0.251 e. The Bertz CT molecular complexity index is 737. The second-order valence-corrected chi connectivity index (χ2v) is 6.50. The van der Waals surface area contributed by atoms with E-state index >= 15 is 0 Å². The van der Waals surface area contributed by atoms with E-state index in [9.17, 15) is 9.18 Å². The lowest BCUT2D eigenvalue weighted by Gasteiger charge is -2.06. The van der Waals surface area contributed by atoms with Crippen LogP contribution in [0.5, 0.6) is 0 Å². The Morgan fingerprint density at radius 2 is 2.23 bits per heavy atom. The van der Waals surface area contributed by atoms with E-state index in [0.29, 0.717) is 23.3 Å². The highest BCUT2D eigenvalue weighted by Gasteiger charge is 2.27. The summed E-state index contributed by atoms with van der Waals surface area (Å²) in [6, 6.07) is 6.74. The quantitative estimate of drug-likeness (QED) is 0.943. The maximum atomic E-state index is 13.7. The van der Waals surface area contributed by atoms with Crippen molar-refractivity contribution in [2.75, 3.05) is 0 Å². The molecule has 0 spiro atoms. The van der Waals surface area contributed by atoms with Gasteiger partial charge in [0.1, 0.15) is 5.82 Å². The average Bonchev–Trinajstić information content (AvgIpc) is 3.11. The summed E-state index contributed by atoms with van der Waals surface area (Å²) in [7, 11) is 0. The zero-order valence-electron chi connectivity index (χ0n) is 12.1. The normalized spacial score (nSPS) is 22.2. The zero-order chi connectivity index (χ0) is 15.5. The molecule has 2 atom stereocenters. The Labute approximate surface area is 132 Å². The number of halogens is 1. The summed E-state index contributed by atoms with van der Waals surface area (Å²) in [4.78, 5) is 17.1. The molecule has 1 aromatic heterocycles. The van der Waals surface area contributed by atoms with Crippen molar-refractivity contribution < 1.29 is 9.18 Å². The van der Waals surface area contributed by atoms with Crippen LogP contribution in [0.25, 0.3) is 0 Å². The molecule has 0 radical (unpaired) electrons. The van der Waals surface area contributed by atoms with Crippen molar-refractivity contribution in [1.82, 2.24) is 4.57 Å². The third-order valence-corrected chi connectivity index (χ3v) is 4.78. The molecule has 1 heterocycles. The molecule has 2 N–H and O–H groups in total. The number of amides is 1. The van der Waals surface area contributed by atoms with E-state index in [0.717, 1.165) is 12.8 Å². The van der Waals surface area contributed by atoms with Gasteiger partial charge in [0.25, 0.3) is 5.91 Å². The molecule has 0 bridgehead atoms. The molecule has 1 aliphatic carbocycles. The van der Waals surface area contributed by atoms with Gasteiger partial charge in [-0.05, 0) is 25.3 Å². The Hall–Kier alpha value is -1.79. The van der Waals surface area contributed by atoms with Gasteiger partial charge in [0, 0.05) is 29.1 Å². The van der Waals surface area contributed by atoms with E-state index in [-0.39, 0.29) is 23.7 Å². The molecule has 1 fully saturated rings. The first kappa shape index (κ1) is 15.1. The summed E-state index contributed by atoms with van der Waals surface area (Å²) in [5.41, 5.74) is 6.43. The minimum absolute atomic E-state index is 0.0704. The van der Waals surface area contributed by atoms with Crippen molar-refractivity contribution in [3.8, 4) is 0 Å². The van der Waals surface area contributed by atoms with Crippen LogP contribution in [0, 0.1) is 11.7 Å². The predicted molar refractivity (Wildman–Crippen MR) is 83.7 cm³/mol. The molecule has 1 amide bonds. The number of nitrogens with two attached hydrogens (primary N) is 1. The summed E-state index contributed by atoms with van der Waals surface area (Å²) in [5.74, 6) is -0.433. The third-order valence-electron chi connectivity index (χ3n) is 3.99. The van der Waals surface area contributed by atoms with Gasteiger partial charge >= 0.3 is 0 Å². The van der Waals surface area contributed by atoms with Gasteiger partial charge in [-0.2, -0.15) is 4.99 Å². The number of thiazole rings is 1. The van der Waals surface area contributed by atoms with Gasteiger partial charge in [-0.3, -0.25) is 4.79 Å². The number of nitrogens with zero attached hydrogens (tertiary/aromatic N) is 2. The Balaban J connectivity index is 1.81. The second-order valence-electron chi connectivity index (χ2n) is 5.62. The first-order valence-electron chi connectivity index (χ1n) is 7.35. The number of aromatic nitrogens is 1. The summed E-state index contributed by atoms with van der Waals surface area (Å²) >= 11 is 1.38. The Morgan fingerprint density at radius 3 is 2.95 bits per heavy atom. The van der Waals surface area contributed by atoms with Gasteiger partial charge in [0.05, 0.1) is 6.54 Å². The molecule has 116 valence electrons. The van der Waals surface area contributed by atoms with Crippen LogP contribution < -0.4 is 10.5 Å². The summed E-state index contributed by atoms with van der Waals surface area (Å²) in [6.45, 7) is 0.368. The van der Waals surface area contributed by atoms with Crippen LogP contribution in [-0.2, 0) is 11.3 Å². The van der Waals surface area contributed by atoms with Crippen molar-refractivity contribution >= 4 is 17.2 Å². The van der Waals surface area contributed by atoms with Crippen molar-refractivity contribution in [2.45, 2.75) is 31.8 Å². The van der Waals surface area contributed by atoms with Crippen molar-refractivity contribution in [1.29, 1.82) is 0 Å². The highest BCUT2D eigenvalue weighted by molar-refractivity contribution is 7.07. The van der Waals surface area contributed by atoms with E-state index in [1.54, 1.807) is 22.8 Å². The van der Waals surface area contributed by atoms with Gasteiger partial charge in [0.2, 0.25) is 0 Å². The molecule has 6 heteroatoms. The minimum Gasteiger partial charge on any atom is -0.328 e.